The zero-order chi connectivity index (χ0) is 14.9. The first-order valence-electron chi connectivity index (χ1n) is 5.15. The molecule has 2 heterocycles. The molecule has 2 aromatic heterocycles. The smallest absolute Gasteiger partial charge is 0.287 e. The Labute approximate surface area is 116 Å². The molecule has 0 amide bonds. The minimum Gasteiger partial charge on any atom is -0.287 e. The van der Waals surface area contributed by atoms with Gasteiger partial charge in [0.25, 0.3) is 0 Å². The Morgan fingerprint density at radius 3 is 2.70 bits per heavy atom. The Morgan fingerprint density at radius 2 is 2.15 bits per heavy atom. The Hall–Kier alpha value is -2.97. The molecule has 2 aromatic rings. The van der Waals surface area contributed by atoms with Gasteiger partial charge in [0.05, 0.1) is 16.5 Å². The van der Waals surface area contributed by atoms with E-state index >= 15 is 0 Å². The zero-order valence-electron chi connectivity index (χ0n) is 9.70. The van der Waals surface area contributed by atoms with Crippen molar-refractivity contribution < 1.29 is 4.92 Å². The van der Waals surface area contributed by atoms with Crippen molar-refractivity contribution in [1.29, 1.82) is 10.5 Å². The Kier molecular flexibility index (Phi) is 3.34. The summed E-state index contributed by atoms with van der Waals surface area (Å²) in [5, 5.41) is 28.0. The molecule has 0 spiro atoms. The van der Waals surface area contributed by atoms with Crippen LogP contribution >= 0.6 is 11.6 Å². The number of pyridine rings is 2. The minimum absolute atomic E-state index is 0.00384. The molecule has 0 radical (unpaired) electrons. The summed E-state index contributed by atoms with van der Waals surface area (Å²) in [7, 11) is 0. The second-order valence-electron chi connectivity index (χ2n) is 3.65. The van der Waals surface area contributed by atoms with E-state index in [0.717, 1.165) is 4.57 Å². The van der Waals surface area contributed by atoms with Crippen molar-refractivity contribution in [3.05, 3.63) is 43.3 Å². The molecule has 0 aliphatic rings. The number of nitriles is 2. The fourth-order valence-electron chi connectivity index (χ4n) is 1.72. The maximum atomic E-state index is 12.0. The van der Waals surface area contributed by atoms with Crippen LogP contribution in [0, 0.1) is 32.8 Å². The molecule has 9 heteroatoms. The number of nitrogens with zero attached hydrogens (tertiary/aromatic N) is 5. The number of rotatable bonds is 2. The molecule has 0 aliphatic heterocycles. The second-order valence-corrected chi connectivity index (χ2v) is 4.02. The van der Waals surface area contributed by atoms with E-state index in [-0.39, 0.29) is 23.3 Å². The third-order valence-electron chi connectivity index (χ3n) is 2.55. The fraction of sp³-hybridized carbons (Fsp3) is 0.0909. The largest absolute Gasteiger partial charge is 0.354 e. The van der Waals surface area contributed by atoms with Crippen LogP contribution < -0.4 is 5.56 Å². The van der Waals surface area contributed by atoms with Crippen LogP contribution in [0.3, 0.4) is 0 Å². The number of hydrogen-bond acceptors (Lipinski definition) is 6. The van der Waals surface area contributed by atoms with Gasteiger partial charge >= 0.3 is 11.2 Å². The van der Waals surface area contributed by atoms with Crippen molar-refractivity contribution in [2.24, 2.45) is 0 Å². The summed E-state index contributed by atoms with van der Waals surface area (Å²) >= 11 is 5.83. The van der Waals surface area contributed by atoms with Crippen LogP contribution in [0.15, 0.2) is 16.9 Å². The highest BCUT2D eigenvalue weighted by Crippen LogP contribution is 2.28. The third-order valence-corrected chi connectivity index (χ3v) is 2.91. The maximum Gasteiger partial charge on any atom is 0.354 e. The fourth-order valence-corrected chi connectivity index (χ4v) is 2.01. The lowest BCUT2D eigenvalue weighted by Gasteiger charge is -2.07. The predicted molar refractivity (Wildman–Crippen MR) is 68.0 cm³/mol. The van der Waals surface area contributed by atoms with Gasteiger partial charge in [0.1, 0.15) is 23.8 Å². The summed E-state index contributed by atoms with van der Waals surface area (Å²) in [6.45, 7) is -0.388. The van der Waals surface area contributed by atoms with E-state index in [1.54, 1.807) is 12.1 Å². The van der Waals surface area contributed by atoms with Gasteiger partial charge in [-0.15, -0.1) is 0 Å². The molecule has 0 saturated carbocycles. The number of hydrogen-bond donors (Lipinski definition) is 0. The predicted octanol–water partition coefficient (Wildman–Crippen LogP) is 1.35. The third kappa shape index (κ3) is 1.94. The van der Waals surface area contributed by atoms with Crippen LogP contribution in [-0.4, -0.2) is 14.5 Å². The molecule has 0 fully saturated rings. The molecule has 0 N–H and O–H groups in total. The van der Waals surface area contributed by atoms with Crippen molar-refractivity contribution >= 4 is 28.3 Å². The summed E-state index contributed by atoms with van der Waals surface area (Å²) in [6.07, 6.45) is 0. The van der Waals surface area contributed by atoms with Crippen LogP contribution in [0.2, 0.25) is 5.02 Å². The van der Waals surface area contributed by atoms with Crippen LogP contribution in [-0.2, 0) is 6.54 Å². The lowest BCUT2D eigenvalue weighted by atomic mass is 10.2. The summed E-state index contributed by atoms with van der Waals surface area (Å²) < 4.78 is 0.896. The Bertz CT molecular complexity index is 875. The first-order chi connectivity index (χ1) is 9.51. The summed E-state index contributed by atoms with van der Waals surface area (Å²) in [5.41, 5.74) is -1.76. The van der Waals surface area contributed by atoms with Gasteiger partial charge in [-0.25, -0.2) is 4.98 Å². The van der Waals surface area contributed by atoms with Gasteiger partial charge in [0.15, 0.2) is 5.02 Å². The van der Waals surface area contributed by atoms with Crippen molar-refractivity contribution in [2.75, 3.05) is 0 Å². The van der Waals surface area contributed by atoms with Crippen LogP contribution in [0.1, 0.15) is 5.69 Å². The number of halogens is 1. The van der Waals surface area contributed by atoms with E-state index in [4.69, 9.17) is 22.1 Å². The highest BCUT2D eigenvalue weighted by atomic mass is 35.5. The van der Waals surface area contributed by atoms with Crippen molar-refractivity contribution in [1.82, 2.24) is 9.55 Å². The number of nitro groups is 1. The van der Waals surface area contributed by atoms with E-state index in [9.17, 15) is 14.9 Å². The van der Waals surface area contributed by atoms with E-state index in [0.29, 0.717) is 0 Å². The van der Waals surface area contributed by atoms with E-state index in [1.165, 1.54) is 12.1 Å². The SMILES string of the molecule is N#CCn1c(=O)c([N+](=O)[O-])c(Cl)c2nc(C#N)ccc21. The molecular formula is C11H4ClN5O3. The standard InChI is InChI=1S/C11H4ClN5O3/c12-8-9-7(2-1-6(5-14)15-9)16(4-3-13)11(18)10(8)17(19)20/h1-2H,4H2. The summed E-state index contributed by atoms with van der Waals surface area (Å²) in [5.74, 6) is 0. The van der Waals surface area contributed by atoms with Crippen LogP contribution in [0.4, 0.5) is 5.69 Å². The molecule has 20 heavy (non-hydrogen) atoms. The lowest BCUT2D eigenvalue weighted by molar-refractivity contribution is -0.386. The molecular weight excluding hydrogens is 286 g/mol. The first kappa shape index (κ1) is 13.5. The summed E-state index contributed by atoms with van der Waals surface area (Å²) in [6, 6.07) is 6.21. The van der Waals surface area contributed by atoms with E-state index in [1.807, 2.05) is 0 Å². The molecule has 0 unspecified atom stereocenters. The molecule has 2 rings (SSSR count). The molecule has 0 saturated heterocycles. The van der Waals surface area contributed by atoms with Gasteiger partial charge in [-0.2, -0.15) is 10.5 Å². The maximum absolute atomic E-state index is 12.0. The van der Waals surface area contributed by atoms with E-state index in [2.05, 4.69) is 4.98 Å². The number of aromatic nitrogens is 2. The monoisotopic (exact) mass is 289 g/mol. The van der Waals surface area contributed by atoms with Gasteiger partial charge in [-0.1, -0.05) is 11.6 Å². The quantitative estimate of drug-likeness (QED) is 0.606. The van der Waals surface area contributed by atoms with Gasteiger partial charge in [-0.05, 0) is 12.1 Å². The molecule has 0 aromatic carbocycles. The molecule has 0 aliphatic carbocycles. The van der Waals surface area contributed by atoms with Crippen LogP contribution in [0.5, 0.6) is 0 Å². The highest BCUT2D eigenvalue weighted by Gasteiger charge is 2.25. The van der Waals surface area contributed by atoms with Crippen molar-refractivity contribution in [3.63, 3.8) is 0 Å². The van der Waals surface area contributed by atoms with Gasteiger partial charge < -0.3 is 0 Å². The Balaban J connectivity index is 3.04. The van der Waals surface area contributed by atoms with Crippen molar-refractivity contribution in [3.8, 4) is 12.1 Å². The molecule has 0 bridgehead atoms. The van der Waals surface area contributed by atoms with E-state index < -0.39 is 21.2 Å². The van der Waals surface area contributed by atoms with Crippen molar-refractivity contribution in [2.45, 2.75) is 6.54 Å². The normalized spacial score (nSPS) is 9.95. The molecule has 0 atom stereocenters. The topological polar surface area (TPSA) is 126 Å². The van der Waals surface area contributed by atoms with Gasteiger partial charge in [-0.3, -0.25) is 19.5 Å². The summed E-state index contributed by atoms with van der Waals surface area (Å²) in [4.78, 5) is 25.8. The molecule has 98 valence electrons. The second kappa shape index (κ2) is 4.96. The first-order valence-corrected chi connectivity index (χ1v) is 5.53. The van der Waals surface area contributed by atoms with Gasteiger partial charge in [0.2, 0.25) is 0 Å². The highest BCUT2D eigenvalue weighted by molar-refractivity contribution is 6.36. The average molecular weight is 290 g/mol. The number of fused-ring (bicyclic) bond motifs is 1. The molecule has 8 nitrogen and oxygen atoms in total. The Morgan fingerprint density at radius 1 is 1.45 bits per heavy atom. The minimum atomic E-state index is -0.986. The lowest BCUT2D eigenvalue weighted by Crippen LogP contribution is -2.23. The zero-order valence-corrected chi connectivity index (χ0v) is 10.5. The average Bonchev–Trinajstić information content (AvgIpc) is 2.42. The van der Waals surface area contributed by atoms with Gasteiger partial charge in [0, 0.05) is 0 Å². The van der Waals surface area contributed by atoms with Crippen LogP contribution in [0.25, 0.3) is 11.0 Å².